The Morgan fingerprint density at radius 2 is 1.21 bits per heavy atom. The van der Waals surface area contributed by atoms with E-state index in [-0.39, 0.29) is 34.7 Å². The Kier molecular flexibility index (Phi) is 5.26. The molecule has 0 saturated heterocycles. The average molecular weight is 454 g/mol. The van der Waals surface area contributed by atoms with Crippen LogP contribution in [0.3, 0.4) is 0 Å². The molecule has 0 spiro atoms. The van der Waals surface area contributed by atoms with Gasteiger partial charge in [0.15, 0.2) is 0 Å². The van der Waals surface area contributed by atoms with E-state index in [0.717, 1.165) is 16.7 Å². The highest BCUT2D eigenvalue weighted by Crippen LogP contribution is 2.52. The summed E-state index contributed by atoms with van der Waals surface area (Å²) in [6.07, 6.45) is 3.18. The highest BCUT2D eigenvalue weighted by Gasteiger charge is 2.38. The van der Waals surface area contributed by atoms with Crippen LogP contribution in [0.4, 0.5) is 0 Å². The Morgan fingerprint density at radius 1 is 0.588 bits per heavy atom. The van der Waals surface area contributed by atoms with Gasteiger partial charge >= 0.3 is 0 Å². The first kappa shape index (κ1) is 21.3. The number of phenols is 5. The molecule has 34 heavy (non-hydrogen) atoms. The molecule has 1 aliphatic rings. The van der Waals surface area contributed by atoms with Gasteiger partial charge in [-0.3, -0.25) is 0 Å². The zero-order valence-corrected chi connectivity index (χ0v) is 18.0. The van der Waals surface area contributed by atoms with Crippen molar-refractivity contribution in [3.8, 4) is 34.5 Å². The van der Waals surface area contributed by atoms with Gasteiger partial charge in [-0.15, -0.1) is 0 Å². The van der Waals surface area contributed by atoms with Gasteiger partial charge in [-0.1, -0.05) is 36.4 Å². The maximum absolute atomic E-state index is 10.2. The van der Waals surface area contributed by atoms with Gasteiger partial charge in [-0.2, -0.15) is 0 Å². The van der Waals surface area contributed by atoms with Crippen LogP contribution in [0.2, 0.25) is 0 Å². The second-order valence-corrected chi connectivity index (χ2v) is 8.27. The molecular weight excluding hydrogens is 432 g/mol. The standard InChI is InChI=1S/C28H22O6/c29-20-8-6-18(7-9-20)28-27(19-12-23(32)15-24(33)13-19)26-17(2-1-3-25(26)34-28)5-4-16-10-21(30)14-22(31)11-16/h1-15,27-33H/b5-4+/t27-,28+/m0/s1. The van der Waals surface area contributed by atoms with Crippen LogP contribution in [0.1, 0.15) is 39.8 Å². The summed E-state index contributed by atoms with van der Waals surface area (Å²) in [6, 6.07) is 21.2. The van der Waals surface area contributed by atoms with Gasteiger partial charge in [0.1, 0.15) is 40.6 Å². The van der Waals surface area contributed by atoms with Crippen LogP contribution in [-0.2, 0) is 0 Å². The van der Waals surface area contributed by atoms with Crippen LogP contribution in [0.15, 0.2) is 78.9 Å². The molecule has 170 valence electrons. The molecule has 0 amide bonds. The van der Waals surface area contributed by atoms with E-state index in [1.54, 1.807) is 54.6 Å². The molecule has 0 aromatic heterocycles. The SMILES string of the molecule is Oc1ccc([C@H]2Oc3cccc(/C=C/c4cc(O)cc(O)c4)c3[C@@H]2c2cc(O)cc(O)c2)cc1. The lowest BCUT2D eigenvalue weighted by molar-refractivity contribution is 0.222. The Morgan fingerprint density at radius 3 is 1.85 bits per heavy atom. The summed E-state index contributed by atoms with van der Waals surface area (Å²) < 4.78 is 6.35. The number of benzene rings is 4. The summed E-state index contributed by atoms with van der Waals surface area (Å²) in [5.41, 5.74) is 3.83. The van der Waals surface area contributed by atoms with Crippen molar-refractivity contribution >= 4 is 12.2 Å². The molecule has 6 nitrogen and oxygen atoms in total. The number of hydrogen-bond acceptors (Lipinski definition) is 6. The second-order valence-electron chi connectivity index (χ2n) is 8.27. The maximum atomic E-state index is 10.2. The average Bonchev–Trinajstić information content (AvgIpc) is 3.17. The van der Waals surface area contributed by atoms with E-state index in [1.807, 2.05) is 24.3 Å². The summed E-state index contributed by atoms with van der Waals surface area (Å²) in [4.78, 5) is 0. The van der Waals surface area contributed by atoms with Crippen molar-refractivity contribution in [2.24, 2.45) is 0 Å². The fourth-order valence-corrected chi connectivity index (χ4v) is 4.46. The van der Waals surface area contributed by atoms with Crippen LogP contribution in [0.5, 0.6) is 34.5 Å². The Balaban J connectivity index is 1.64. The number of aromatic hydroxyl groups is 5. The quantitative estimate of drug-likeness (QED) is 0.255. The lowest BCUT2D eigenvalue weighted by atomic mass is 9.82. The van der Waals surface area contributed by atoms with Crippen molar-refractivity contribution in [3.05, 3.63) is 107 Å². The highest BCUT2D eigenvalue weighted by molar-refractivity contribution is 5.75. The zero-order valence-electron chi connectivity index (χ0n) is 18.0. The third-order valence-corrected chi connectivity index (χ3v) is 5.85. The van der Waals surface area contributed by atoms with E-state index in [0.29, 0.717) is 16.9 Å². The maximum Gasteiger partial charge on any atom is 0.135 e. The molecule has 6 heteroatoms. The number of phenolic OH excluding ortho intramolecular Hbond substituents is 5. The Bertz CT molecular complexity index is 1350. The molecule has 0 unspecified atom stereocenters. The van der Waals surface area contributed by atoms with Crippen LogP contribution < -0.4 is 4.74 Å². The van der Waals surface area contributed by atoms with Crippen LogP contribution in [-0.4, -0.2) is 25.5 Å². The first-order valence-corrected chi connectivity index (χ1v) is 10.7. The molecule has 0 radical (unpaired) electrons. The van der Waals surface area contributed by atoms with Crippen molar-refractivity contribution < 1.29 is 30.3 Å². The molecule has 5 rings (SSSR count). The van der Waals surface area contributed by atoms with Gasteiger partial charge in [-0.05, 0) is 64.7 Å². The van der Waals surface area contributed by atoms with E-state index < -0.39 is 6.10 Å². The minimum absolute atomic E-state index is 0.0400. The molecule has 4 aromatic rings. The van der Waals surface area contributed by atoms with Gasteiger partial charge in [0.2, 0.25) is 0 Å². The Hall–Kier alpha value is -4.58. The monoisotopic (exact) mass is 454 g/mol. The summed E-state index contributed by atoms with van der Waals surface area (Å²) in [5.74, 6) is 0.238. The topological polar surface area (TPSA) is 110 Å². The molecule has 0 bridgehead atoms. The molecule has 1 heterocycles. The molecule has 5 N–H and O–H groups in total. The van der Waals surface area contributed by atoms with Gasteiger partial charge in [0.25, 0.3) is 0 Å². The van der Waals surface area contributed by atoms with E-state index in [1.165, 1.54) is 12.1 Å². The van der Waals surface area contributed by atoms with E-state index in [4.69, 9.17) is 4.74 Å². The fraction of sp³-hybridized carbons (Fsp3) is 0.0714. The number of rotatable bonds is 4. The molecule has 0 saturated carbocycles. The van der Waals surface area contributed by atoms with Gasteiger partial charge in [-0.25, -0.2) is 0 Å². The predicted molar refractivity (Wildman–Crippen MR) is 128 cm³/mol. The molecule has 1 aliphatic heterocycles. The van der Waals surface area contributed by atoms with Crippen LogP contribution in [0, 0.1) is 0 Å². The number of ether oxygens (including phenoxy) is 1. The summed E-state index contributed by atoms with van der Waals surface area (Å²) >= 11 is 0. The summed E-state index contributed by atoms with van der Waals surface area (Å²) in [5, 5.41) is 49.7. The third-order valence-electron chi connectivity index (χ3n) is 5.85. The van der Waals surface area contributed by atoms with Gasteiger partial charge in [0.05, 0.1) is 5.92 Å². The molecule has 2 atom stereocenters. The smallest absolute Gasteiger partial charge is 0.135 e. The molecular formula is C28H22O6. The largest absolute Gasteiger partial charge is 0.508 e. The summed E-state index contributed by atoms with van der Waals surface area (Å²) in [7, 11) is 0. The first-order valence-electron chi connectivity index (χ1n) is 10.7. The number of hydrogen-bond donors (Lipinski definition) is 5. The van der Waals surface area contributed by atoms with Crippen LogP contribution in [0.25, 0.3) is 12.2 Å². The van der Waals surface area contributed by atoms with E-state index >= 15 is 0 Å². The summed E-state index contributed by atoms with van der Waals surface area (Å²) in [6.45, 7) is 0. The fourth-order valence-electron chi connectivity index (χ4n) is 4.46. The third kappa shape index (κ3) is 4.09. The van der Waals surface area contributed by atoms with Gasteiger partial charge < -0.3 is 30.3 Å². The highest BCUT2D eigenvalue weighted by atomic mass is 16.5. The van der Waals surface area contributed by atoms with E-state index in [9.17, 15) is 25.5 Å². The molecule has 4 aromatic carbocycles. The molecule has 0 aliphatic carbocycles. The first-order chi connectivity index (χ1) is 16.4. The minimum atomic E-state index is -0.462. The van der Waals surface area contributed by atoms with Crippen LogP contribution >= 0.6 is 0 Å². The van der Waals surface area contributed by atoms with Crippen molar-refractivity contribution in [2.75, 3.05) is 0 Å². The van der Waals surface area contributed by atoms with Gasteiger partial charge in [0, 0.05) is 17.7 Å². The normalized spacial score (nSPS) is 16.9. The van der Waals surface area contributed by atoms with Crippen molar-refractivity contribution in [1.29, 1.82) is 0 Å². The predicted octanol–water partition coefficient (Wildman–Crippen LogP) is 5.65. The van der Waals surface area contributed by atoms with Crippen molar-refractivity contribution in [3.63, 3.8) is 0 Å². The van der Waals surface area contributed by atoms with E-state index in [2.05, 4.69) is 0 Å². The molecule has 0 fully saturated rings. The van der Waals surface area contributed by atoms with Crippen molar-refractivity contribution in [1.82, 2.24) is 0 Å². The Labute approximate surface area is 195 Å². The van der Waals surface area contributed by atoms with Crippen molar-refractivity contribution in [2.45, 2.75) is 12.0 Å². The second kappa shape index (κ2) is 8.41. The lowest BCUT2D eigenvalue weighted by Gasteiger charge is -2.21. The number of fused-ring (bicyclic) bond motifs is 1. The minimum Gasteiger partial charge on any atom is -0.508 e. The lowest BCUT2D eigenvalue weighted by Crippen LogP contribution is -2.11. The zero-order chi connectivity index (χ0) is 23.8.